The Morgan fingerprint density at radius 1 is 1.14 bits per heavy atom. The van der Waals surface area contributed by atoms with Gasteiger partial charge in [0.05, 0.1) is 12.0 Å². The Kier molecular flexibility index (Phi) is 8.24. The first-order chi connectivity index (χ1) is 16.6. The molecule has 35 heavy (non-hydrogen) atoms. The van der Waals surface area contributed by atoms with Crippen LogP contribution < -0.4 is 10.1 Å². The highest BCUT2D eigenvalue weighted by atomic mass is 19.1. The highest BCUT2D eigenvalue weighted by Crippen LogP contribution is 2.24. The molecule has 0 spiro atoms. The maximum Gasteiger partial charge on any atom is 0.305 e. The van der Waals surface area contributed by atoms with Crippen molar-refractivity contribution in [2.45, 2.75) is 45.3 Å². The van der Waals surface area contributed by atoms with Crippen molar-refractivity contribution >= 4 is 11.9 Å². The zero-order valence-corrected chi connectivity index (χ0v) is 19.9. The van der Waals surface area contributed by atoms with E-state index in [1.54, 1.807) is 13.0 Å². The van der Waals surface area contributed by atoms with Crippen LogP contribution in [0.1, 0.15) is 43.2 Å². The number of hydrogen-bond donors (Lipinski definition) is 3. The van der Waals surface area contributed by atoms with Gasteiger partial charge in [0, 0.05) is 12.1 Å². The first-order valence-electron chi connectivity index (χ1n) is 11.3. The summed E-state index contributed by atoms with van der Waals surface area (Å²) in [6.45, 7) is 5.19. The van der Waals surface area contributed by atoms with Gasteiger partial charge < -0.3 is 20.3 Å². The highest BCUT2D eigenvalue weighted by molar-refractivity contribution is 5.93. The van der Waals surface area contributed by atoms with Crippen molar-refractivity contribution in [2.75, 3.05) is 6.61 Å². The number of para-hydroxylation sites is 1. The standard InChI is InChI=1S/C26H30FN3O5/c1-17(2)26(3,34)16-35-23-15-21(29-30(23)22-12-8-7-11-20(22)27)25(33)28-19(14-24(31)32)13-18-9-5-4-6-10-18/h4-12,15,17,19,34H,13-14,16H2,1-3H3,(H,28,33)(H,31,32)/t19-,26?/m0/s1. The number of aliphatic hydroxyl groups is 1. The minimum Gasteiger partial charge on any atom is -0.481 e. The van der Waals surface area contributed by atoms with E-state index in [1.807, 2.05) is 44.2 Å². The average Bonchev–Trinajstić information content (AvgIpc) is 3.22. The summed E-state index contributed by atoms with van der Waals surface area (Å²) in [5.74, 6) is -2.30. The number of carbonyl (C=O) groups excluding carboxylic acids is 1. The Labute approximate surface area is 203 Å². The molecule has 1 aromatic heterocycles. The molecular formula is C26H30FN3O5. The fourth-order valence-corrected chi connectivity index (χ4v) is 3.30. The van der Waals surface area contributed by atoms with Crippen LogP contribution in [0.4, 0.5) is 4.39 Å². The number of carboxylic acids is 1. The fraction of sp³-hybridized carbons (Fsp3) is 0.346. The number of nitrogens with one attached hydrogen (secondary N) is 1. The van der Waals surface area contributed by atoms with Gasteiger partial charge >= 0.3 is 5.97 Å². The minimum absolute atomic E-state index is 0.0668. The Bertz CT molecular complexity index is 1160. The van der Waals surface area contributed by atoms with Crippen LogP contribution in [0.15, 0.2) is 60.7 Å². The van der Waals surface area contributed by atoms with Crippen molar-refractivity contribution in [3.05, 3.63) is 77.7 Å². The van der Waals surface area contributed by atoms with Gasteiger partial charge in [0.2, 0.25) is 5.88 Å². The summed E-state index contributed by atoms with van der Waals surface area (Å²) in [6.07, 6.45) is 0.0305. The average molecular weight is 484 g/mol. The molecule has 3 rings (SSSR count). The molecule has 2 aromatic carbocycles. The molecule has 0 bridgehead atoms. The first-order valence-corrected chi connectivity index (χ1v) is 11.3. The van der Waals surface area contributed by atoms with Crippen molar-refractivity contribution < 1.29 is 28.9 Å². The molecule has 3 aromatic rings. The summed E-state index contributed by atoms with van der Waals surface area (Å²) in [4.78, 5) is 24.4. The summed E-state index contributed by atoms with van der Waals surface area (Å²) in [5.41, 5.74) is -0.307. The first kappa shape index (κ1) is 25.9. The van der Waals surface area contributed by atoms with E-state index in [0.717, 1.165) is 10.2 Å². The number of halogens is 1. The normalized spacial score (nSPS) is 13.8. The Morgan fingerprint density at radius 3 is 2.43 bits per heavy atom. The number of hydrogen-bond acceptors (Lipinski definition) is 5. The van der Waals surface area contributed by atoms with Crippen LogP contribution in [-0.4, -0.2) is 50.1 Å². The fourth-order valence-electron chi connectivity index (χ4n) is 3.30. The second-order valence-electron chi connectivity index (χ2n) is 8.99. The number of ether oxygens (including phenoxy) is 1. The molecule has 1 amide bonds. The van der Waals surface area contributed by atoms with Gasteiger partial charge in [0.15, 0.2) is 5.69 Å². The lowest BCUT2D eigenvalue weighted by atomic mass is 9.94. The van der Waals surface area contributed by atoms with E-state index in [1.165, 1.54) is 24.3 Å². The Hall–Kier alpha value is -3.72. The quantitative estimate of drug-likeness (QED) is 0.384. The van der Waals surface area contributed by atoms with Crippen molar-refractivity contribution in [1.29, 1.82) is 0 Å². The van der Waals surface area contributed by atoms with Gasteiger partial charge in [-0.1, -0.05) is 56.3 Å². The van der Waals surface area contributed by atoms with E-state index < -0.39 is 29.3 Å². The van der Waals surface area contributed by atoms with E-state index in [9.17, 15) is 24.2 Å². The Morgan fingerprint density at radius 2 is 1.80 bits per heavy atom. The highest BCUT2D eigenvalue weighted by Gasteiger charge is 2.28. The number of nitrogens with zero attached hydrogens (tertiary/aromatic N) is 2. The van der Waals surface area contributed by atoms with E-state index in [0.29, 0.717) is 6.42 Å². The largest absolute Gasteiger partial charge is 0.481 e. The van der Waals surface area contributed by atoms with Crippen LogP contribution in [0.3, 0.4) is 0 Å². The smallest absolute Gasteiger partial charge is 0.305 e. The number of amides is 1. The van der Waals surface area contributed by atoms with Gasteiger partial charge in [-0.25, -0.2) is 4.39 Å². The maximum absolute atomic E-state index is 14.5. The predicted molar refractivity (Wildman–Crippen MR) is 128 cm³/mol. The summed E-state index contributed by atoms with van der Waals surface area (Å²) in [6, 6.07) is 15.8. The van der Waals surface area contributed by atoms with Crippen LogP contribution in [0.5, 0.6) is 5.88 Å². The van der Waals surface area contributed by atoms with Gasteiger partial charge in [0.25, 0.3) is 5.91 Å². The molecule has 1 unspecified atom stereocenters. The van der Waals surface area contributed by atoms with Gasteiger partial charge in [-0.3, -0.25) is 9.59 Å². The summed E-state index contributed by atoms with van der Waals surface area (Å²) in [5, 5.41) is 26.8. The number of rotatable bonds is 11. The molecule has 8 nitrogen and oxygen atoms in total. The van der Waals surface area contributed by atoms with Crippen LogP contribution in [0, 0.1) is 11.7 Å². The third-order valence-corrected chi connectivity index (χ3v) is 5.83. The molecule has 9 heteroatoms. The lowest BCUT2D eigenvalue weighted by Crippen LogP contribution is -2.38. The lowest BCUT2D eigenvalue weighted by molar-refractivity contribution is -0.137. The number of carbonyl (C=O) groups is 2. The number of aromatic nitrogens is 2. The van der Waals surface area contributed by atoms with Crippen molar-refractivity contribution in [2.24, 2.45) is 5.92 Å². The molecule has 1 heterocycles. The summed E-state index contributed by atoms with van der Waals surface area (Å²) in [7, 11) is 0. The minimum atomic E-state index is -1.17. The zero-order valence-electron chi connectivity index (χ0n) is 19.9. The van der Waals surface area contributed by atoms with E-state index in [-0.39, 0.29) is 36.2 Å². The molecule has 186 valence electrons. The molecule has 3 N–H and O–H groups in total. The molecule has 0 fully saturated rings. The topological polar surface area (TPSA) is 114 Å². The second-order valence-corrected chi connectivity index (χ2v) is 8.99. The maximum atomic E-state index is 14.5. The number of benzene rings is 2. The lowest BCUT2D eigenvalue weighted by Gasteiger charge is -2.27. The van der Waals surface area contributed by atoms with Crippen LogP contribution in [-0.2, 0) is 11.2 Å². The summed E-state index contributed by atoms with van der Waals surface area (Å²) < 4.78 is 21.5. The molecule has 0 aliphatic carbocycles. The van der Waals surface area contributed by atoms with E-state index >= 15 is 0 Å². The molecule has 0 radical (unpaired) electrons. The van der Waals surface area contributed by atoms with Gasteiger partial charge in [0.1, 0.15) is 18.1 Å². The van der Waals surface area contributed by atoms with Gasteiger partial charge in [-0.15, -0.1) is 0 Å². The summed E-state index contributed by atoms with van der Waals surface area (Å²) >= 11 is 0. The van der Waals surface area contributed by atoms with Crippen molar-refractivity contribution in [1.82, 2.24) is 15.1 Å². The predicted octanol–water partition coefficient (Wildman–Crippen LogP) is 3.61. The third-order valence-electron chi connectivity index (χ3n) is 5.83. The molecule has 0 aliphatic heterocycles. The van der Waals surface area contributed by atoms with Gasteiger partial charge in [-0.2, -0.15) is 9.78 Å². The number of aliphatic carboxylic acids is 1. The molecule has 0 saturated heterocycles. The van der Waals surface area contributed by atoms with Crippen molar-refractivity contribution in [3.8, 4) is 11.6 Å². The number of carboxylic acid groups (broad SMARTS) is 1. The van der Waals surface area contributed by atoms with Crippen LogP contribution in [0.25, 0.3) is 5.69 Å². The van der Waals surface area contributed by atoms with E-state index in [2.05, 4.69) is 10.4 Å². The third kappa shape index (κ3) is 6.89. The molecule has 2 atom stereocenters. The second kappa shape index (κ2) is 11.1. The van der Waals surface area contributed by atoms with E-state index in [4.69, 9.17) is 4.74 Å². The van der Waals surface area contributed by atoms with Gasteiger partial charge in [-0.05, 0) is 37.0 Å². The zero-order chi connectivity index (χ0) is 25.6. The van der Waals surface area contributed by atoms with Crippen LogP contribution >= 0.6 is 0 Å². The van der Waals surface area contributed by atoms with Crippen molar-refractivity contribution in [3.63, 3.8) is 0 Å². The SMILES string of the molecule is CC(C)C(C)(O)COc1cc(C(=O)N[C@H](CC(=O)O)Cc2ccccc2)nn1-c1ccccc1F. The van der Waals surface area contributed by atoms with Crippen LogP contribution in [0.2, 0.25) is 0 Å². The molecular weight excluding hydrogens is 453 g/mol. The Balaban J connectivity index is 1.88. The molecule has 0 aliphatic rings. The monoisotopic (exact) mass is 483 g/mol. The molecule has 0 saturated carbocycles.